The van der Waals surface area contributed by atoms with Gasteiger partial charge in [0.05, 0.1) is 0 Å². The van der Waals surface area contributed by atoms with Gasteiger partial charge in [0.15, 0.2) is 0 Å². The zero-order valence-electron chi connectivity index (χ0n) is 14.4. The molecule has 2 heterocycles. The van der Waals surface area contributed by atoms with Crippen molar-refractivity contribution in [2.45, 2.75) is 51.1 Å². The molecule has 0 unspecified atom stereocenters. The molecule has 25 heavy (non-hydrogen) atoms. The Balaban J connectivity index is 1.41. The van der Waals surface area contributed by atoms with Gasteiger partial charge in [0.25, 0.3) is 5.91 Å². The van der Waals surface area contributed by atoms with Crippen LogP contribution in [0, 0.1) is 12.8 Å². The van der Waals surface area contributed by atoms with E-state index in [4.69, 9.17) is 0 Å². The summed E-state index contributed by atoms with van der Waals surface area (Å²) in [5, 5.41) is 5.07. The summed E-state index contributed by atoms with van der Waals surface area (Å²) in [6.45, 7) is 3.52. The number of urea groups is 1. The molecule has 2 N–H and O–H groups in total. The van der Waals surface area contributed by atoms with E-state index < -0.39 is 11.6 Å². The third kappa shape index (κ3) is 2.79. The van der Waals surface area contributed by atoms with Gasteiger partial charge in [-0.2, -0.15) is 0 Å². The molecule has 132 valence electrons. The molecule has 4 amide bonds. The van der Waals surface area contributed by atoms with Crippen LogP contribution in [0.15, 0.2) is 18.2 Å². The number of rotatable bonds is 1. The number of hydrogen-bond acceptors (Lipinski definition) is 3. The van der Waals surface area contributed by atoms with Crippen molar-refractivity contribution in [2.24, 2.45) is 5.92 Å². The van der Waals surface area contributed by atoms with Crippen molar-refractivity contribution >= 4 is 17.8 Å². The first-order valence-corrected chi connectivity index (χ1v) is 8.98. The third-order valence-electron chi connectivity index (χ3n) is 5.89. The third-order valence-corrected chi connectivity index (χ3v) is 5.89. The number of aryl methyl sites for hydroxylation is 1. The van der Waals surface area contributed by atoms with Crippen LogP contribution in [0.25, 0.3) is 0 Å². The molecule has 0 radical (unpaired) electrons. The maximum absolute atomic E-state index is 12.9. The lowest BCUT2D eigenvalue weighted by atomic mass is 9.76. The number of nitrogens with zero attached hydrogens (tertiary/aromatic N) is 1. The van der Waals surface area contributed by atoms with Crippen molar-refractivity contribution in [1.29, 1.82) is 0 Å². The summed E-state index contributed by atoms with van der Waals surface area (Å²) in [6.07, 6.45) is 3.25. The molecule has 6 heteroatoms. The second kappa shape index (κ2) is 5.86. The summed E-state index contributed by atoms with van der Waals surface area (Å²) in [5.41, 5.74) is 3.05. The van der Waals surface area contributed by atoms with Gasteiger partial charge in [-0.3, -0.25) is 14.9 Å². The normalized spacial score (nSPS) is 28.5. The quantitative estimate of drug-likeness (QED) is 0.763. The van der Waals surface area contributed by atoms with Crippen LogP contribution in [-0.4, -0.2) is 34.8 Å². The molecule has 2 fully saturated rings. The van der Waals surface area contributed by atoms with Crippen LogP contribution in [0.2, 0.25) is 0 Å². The molecule has 0 aromatic heterocycles. The predicted molar refractivity (Wildman–Crippen MR) is 91.7 cm³/mol. The molecular weight excluding hydrogens is 318 g/mol. The molecule has 1 spiro atoms. The SMILES string of the molecule is Cc1ccc2c(c1)CCN(C(=O)C1CCC3(CC1)NC(=O)NC3=O)C2. The fraction of sp³-hybridized carbons (Fsp3) is 0.526. The Labute approximate surface area is 147 Å². The van der Waals surface area contributed by atoms with Gasteiger partial charge in [0.2, 0.25) is 5.91 Å². The first-order valence-electron chi connectivity index (χ1n) is 8.98. The summed E-state index contributed by atoms with van der Waals surface area (Å²) in [7, 11) is 0. The van der Waals surface area contributed by atoms with Crippen LogP contribution in [0.1, 0.15) is 42.4 Å². The number of benzene rings is 1. The second-order valence-electron chi connectivity index (χ2n) is 7.55. The monoisotopic (exact) mass is 341 g/mol. The van der Waals surface area contributed by atoms with E-state index in [0.29, 0.717) is 32.2 Å². The Morgan fingerprint density at radius 2 is 1.96 bits per heavy atom. The molecule has 0 bridgehead atoms. The number of carbonyl (C=O) groups is 3. The van der Waals surface area contributed by atoms with E-state index in [1.807, 2.05) is 4.90 Å². The van der Waals surface area contributed by atoms with Gasteiger partial charge in [-0.25, -0.2) is 4.79 Å². The average molecular weight is 341 g/mol. The molecule has 1 saturated carbocycles. The number of amides is 4. The van der Waals surface area contributed by atoms with Crippen LogP contribution < -0.4 is 10.6 Å². The highest BCUT2D eigenvalue weighted by Gasteiger charge is 2.49. The molecule has 0 atom stereocenters. The van der Waals surface area contributed by atoms with Crippen molar-refractivity contribution in [2.75, 3.05) is 6.54 Å². The maximum atomic E-state index is 12.9. The highest BCUT2D eigenvalue weighted by Crippen LogP contribution is 2.35. The lowest BCUT2D eigenvalue weighted by molar-refractivity contribution is -0.139. The summed E-state index contributed by atoms with van der Waals surface area (Å²) < 4.78 is 0. The first-order chi connectivity index (χ1) is 12.0. The predicted octanol–water partition coefficient (Wildman–Crippen LogP) is 1.65. The number of imide groups is 1. The van der Waals surface area contributed by atoms with Crippen molar-refractivity contribution in [1.82, 2.24) is 15.5 Å². The van der Waals surface area contributed by atoms with E-state index in [-0.39, 0.29) is 17.7 Å². The molecular formula is C19H23N3O3. The molecule has 1 saturated heterocycles. The number of hydrogen-bond donors (Lipinski definition) is 2. The molecule has 1 aromatic rings. The molecule has 4 rings (SSSR count). The molecule has 1 aliphatic carbocycles. The average Bonchev–Trinajstić information content (AvgIpc) is 2.87. The zero-order valence-corrected chi connectivity index (χ0v) is 14.4. The summed E-state index contributed by atoms with van der Waals surface area (Å²) >= 11 is 0. The van der Waals surface area contributed by atoms with Crippen molar-refractivity contribution in [3.8, 4) is 0 Å². The number of fused-ring (bicyclic) bond motifs is 1. The lowest BCUT2D eigenvalue weighted by Crippen LogP contribution is -2.51. The standard InChI is InChI=1S/C19H23N3O3/c1-12-2-3-15-11-22(9-6-14(15)10-12)16(23)13-4-7-19(8-5-13)17(24)20-18(25)21-19/h2-3,10,13H,4-9,11H2,1H3,(H2,20,21,24,25). The second-order valence-corrected chi connectivity index (χ2v) is 7.55. The molecule has 6 nitrogen and oxygen atoms in total. The van der Waals surface area contributed by atoms with Gasteiger partial charge in [-0.15, -0.1) is 0 Å². The fourth-order valence-corrected chi connectivity index (χ4v) is 4.37. The van der Waals surface area contributed by atoms with E-state index in [1.54, 1.807) is 0 Å². The fourth-order valence-electron chi connectivity index (χ4n) is 4.37. The molecule has 1 aromatic carbocycles. The molecule has 3 aliphatic rings. The van der Waals surface area contributed by atoms with Gasteiger partial charge in [0.1, 0.15) is 5.54 Å². The Bertz CT molecular complexity index is 750. The van der Waals surface area contributed by atoms with E-state index in [9.17, 15) is 14.4 Å². The first kappa shape index (κ1) is 16.1. The van der Waals surface area contributed by atoms with E-state index in [0.717, 1.165) is 13.0 Å². The minimum Gasteiger partial charge on any atom is -0.338 e. The van der Waals surface area contributed by atoms with Crippen LogP contribution in [0.5, 0.6) is 0 Å². The van der Waals surface area contributed by atoms with Crippen LogP contribution in [-0.2, 0) is 22.6 Å². The minimum absolute atomic E-state index is 0.0528. The zero-order chi connectivity index (χ0) is 17.6. The number of nitrogens with one attached hydrogen (secondary N) is 2. The Morgan fingerprint density at radius 1 is 1.20 bits per heavy atom. The summed E-state index contributed by atoms with van der Waals surface area (Å²) in [6, 6.07) is 6.01. The van der Waals surface area contributed by atoms with Crippen LogP contribution >= 0.6 is 0 Å². The number of carbonyl (C=O) groups excluding carboxylic acids is 3. The lowest BCUT2D eigenvalue weighted by Gasteiger charge is -2.37. The largest absolute Gasteiger partial charge is 0.338 e. The topological polar surface area (TPSA) is 78.5 Å². The van der Waals surface area contributed by atoms with E-state index >= 15 is 0 Å². The summed E-state index contributed by atoms with van der Waals surface area (Å²) in [5.74, 6) is -0.112. The Morgan fingerprint density at radius 3 is 2.64 bits per heavy atom. The van der Waals surface area contributed by atoms with Crippen LogP contribution in [0.4, 0.5) is 4.79 Å². The van der Waals surface area contributed by atoms with Gasteiger partial charge >= 0.3 is 6.03 Å². The minimum atomic E-state index is -0.792. The van der Waals surface area contributed by atoms with Gasteiger partial charge in [0, 0.05) is 19.0 Å². The summed E-state index contributed by atoms with van der Waals surface area (Å²) in [4.78, 5) is 38.3. The Kier molecular flexibility index (Phi) is 3.78. The Hall–Kier alpha value is -2.37. The highest BCUT2D eigenvalue weighted by molar-refractivity contribution is 6.07. The maximum Gasteiger partial charge on any atom is 0.322 e. The van der Waals surface area contributed by atoms with Crippen molar-refractivity contribution < 1.29 is 14.4 Å². The highest BCUT2D eigenvalue weighted by atomic mass is 16.2. The molecule has 2 aliphatic heterocycles. The smallest absolute Gasteiger partial charge is 0.322 e. The van der Waals surface area contributed by atoms with Crippen molar-refractivity contribution in [3.05, 3.63) is 34.9 Å². The van der Waals surface area contributed by atoms with Gasteiger partial charge < -0.3 is 10.2 Å². The van der Waals surface area contributed by atoms with Gasteiger partial charge in [-0.1, -0.05) is 23.8 Å². The van der Waals surface area contributed by atoms with E-state index in [2.05, 4.69) is 35.8 Å². The van der Waals surface area contributed by atoms with Crippen LogP contribution in [0.3, 0.4) is 0 Å². The van der Waals surface area contributed by atoms with Crippen molar-refractivity contribution in [3.63, 3.8) is 0 Å². The van der Waals surface area contributed by atoms with Gasteiger partial charge in [-0.05, 0) is 50.2 Å². The van der Waals surface area contributed by atoms with E-state index in [1.165, 1.54) is 16.7 Å².